The zero-order chi connectivity index (χ0) is 103. The molecule has 0 bridgehead atoms. The molecule has 38 N–H and O–H groups in total. The van der Waals surface area contributed by atoms with Crippen LogP contribution in [0.1, 0.15) is 220 Å². The number of carbonyl (C=O) groups excluding carboxylic acids is 15. The van der Waals surface area contributed by atoms with Crippen LogP contribution in [-0.2, 0) is 91.2 Å². The van der Waals surface area contributed by atoms with E-state index in [0.717, 1.165) is 0 Å². The SMILES string of the molecule is CC(C)C[C@H](NC(=O)[C@H](CCCCN)NC(=O)[C@H](CCCNC(=N)N)NC(=O)[C@H](Cc1ccccc1)NC(=O)[C@H](Cc1ccccc1)NC(=O)[C@H](CCCCN)NC(=O)[C@H](CCCCN)NC(=O)[C@H](Cc1ccccc1)NC(=O)[C@H](CCCNC(=N)N)NC(=O)[C@H](CCCCN)NC(=O)[C@@H](N)C(C)C)C(=O)N[C@@H](CCCCN)C(=O)N[C@@H](CCCCN)C(=O)N[C@H](C(=O)N[C@H](C(N)=O)C(C)C)C(C)C. The third-order valence-electron chi connectivity index (χ3n) is 23.3. The van der Waals surface area contributed by atoms with Gasteiger partial charge >= 0.3 is 0 Å². The molecule has 0 fully saturated rings. The van der Waals surface area contributed by atoms with Crippen LogP contribution in [0, 0.1) is 34.5 Å². The highest BCUT2D eigenvalue weighted by Gasteiger charge is 2.40. The predicted octanol–water partition coefficient (Wildman–Crippen LogP) is -2.37. The van der Waals surface area contributed by atoms with Gasteiger partial charge in [-0.15, -0.1) is 0 Å². The molecule has 0 saturated heterocycles. The van der Waals surface area contributed by atoms with Crippen molar-refractivity contribution in [2.75, 3.05) is 52.4 Å². The van der Waals surface area contributed by atoms with Crippen molar-refractivity contribution in [2.24, 2.45) is 81.0 Å². The second kappa shape index (κ2) is 68.1. The fourth-order valence-corrected chi connectivity index (χ4v) is 15.2. The quantitative estimate of drug-likeness (QED) is 0.0160. The Morgan fingerprint density at radius 3 is 0.683 bits per heavy atom. The predicted molar refractivity (Wildman–Crippen MR) is 534 cm³/mol. The lowest BCUT2D eigenvalue weighted by molar-refractivity contribution is -0.136. The van der Waals surface area contributed by atoms with Gasteiger partial charge in [-0.25, -0.2) is 0 Å². The van der Waals surface area contributed by atoms with Crippen molar-refractivity contribution in [3.05, 3.63) is 108 Å². The van der Waals surface area contributed by atoms with Gasteiger partial charge in [-0.3, -0.25) is 82.7 Å². The number of amides is 15. The maximum Gasteiger partial charge on any atom is 0.243 e. The molecule has 3 aromatic rings. The summed E-state index contributed by atoms with van der Waals surface area (Å²) < 4.78 is 0. The maximum absolute atomic E-state index is 15.5. The van der Waals surface area contributed by atoms with Gasteiger partial charge in [0, 0.05) is 32.4 Å². The standard InChI is InChI=1S/C96H164N28O15/c1-58(2)54-73(89(134)115-65(38-18-24-46-97)82(127)113-70(43-23-29-51-102)88(133)124-79(61(7)8)94(139)123-78(60(5)6)80(104)125)119-85(130)67(40-20-26-48-99)112-84(129)71(44-30-52-109-95(105)106)117-91(136)75(56-63-34-14-10-15-35-63)122-92(137)76(57-64-36-16-11-17-37-64)121-86(131)68(41-21-27-49-100)111-81(126)66(39-19-25-47-98)116-90(135)74(55-62-32-12-9-13-33-62)120-87(132)72(45-31-53-110-96(107)108)114-83(128)69(42-22-28-50-101)118-93(138)77(103)59(3)4/h9-17,32-37,58-61,65-79H,18-31,38-57,97-103H2,1-8H3,(H2,104,125)(H,111,126)(H,112,129)(H,113,127)(H,114,128)(H,115,134)(H,116,135)(H,117,136)(H,118,138)(H,119,130)(H,120,132)(H,121,131)(H,122,137)(H,123,139)(H,124,133)(H4,105,106,109)(H4,107,108,110)/t65-,66-,67-,68-,69-,70-,71-,72-,73-,74-,75-,76-,77-,78-,79-/m0/s1. The molecule has 0 radical (unpaired) electrons. The summed E-state index contributed by atoms with van der Waals surface area (Å²) in [5, 5.41) is 60.0. The lowest BCUT2D eigenvalue weighted by Gasteiger charge is -2.29. The van der Waals surface area contributed by atoms with E-state index in [1.807, 2.05) is 0 Å². The first-order valence-corrected chi connectivity index (χ1v) is 49.0. The van der Waals surface area contributed by atoms with Crippen molar-refractivity contribution in [2.45, 2.75) is 313 Å². The number of carbonyl (C=O) groups is 15. The zero-order valence-corrected chi connectivity index (χ0v) is 82.6. The zero-order valence-electron chi connectivity index (χ0n) is 82.6. The monoisotopic (exact) mass is 1950 g/mol. The van der Waals surface area contributed by atoms with Crippen LogP contribution in [0.5, 0.6) is 0 Å². The Labute approximate surface area is 818 Å². The van der Waals surface area contributed by atoms with Gasteiger partial charge in [0.15, 0.2) is 11.9 Å². The molecule has 0 aliphatic rings. The maximum atomic E-state index is 15.5. The minimum Gasteiger partial charge on any atom is -0.370 e. The largest absolute Gasteiger partial charge is 0.370 e. The highest BCUT2D eigenvalue weighted by atomic mass is 16.2. The molecular formula is C96H164N28O15. The van der Waals surface area contributed by atoms with Gasteiger partial charge in [0.1, 0.15) is 84.6 Å². The van der Waals surface area contributed by atoms with Crippen LogP contribution < -0.4 is 142 Å². The van der Waals surface area contributed by atoms with E-state index < -0.39 is 191 Å². The van der Waals surface area contributed by atoms with E-state index in [-0.39, 0.29) is 179 Å². The van der Waals surface area contributed by atoms with Gasteiger partial charge in [-0.05, 0) is 227 Å². The van der Waals surface area contributed by atoms with Gasteiger partial charge in [0.05, 0.1) is 6.04 Å². The van der Waals surface area contributed by atoms with Crippen LogP contribution >= 0.6 is 0 Å². The Kier molecular flexibility index (Phi) is 59.3. The number of rotatable bonds is 72. The van der Waals surface area contributed by atoms with Gasteiger partial charge in [0.2, 0.25) is 88.6 Å². The average Bonchev–Trinajstić information content (AvgIpc) is 0.891. The number of primary amides is 1. The van der Waals surface area contributed by atoms with E-state index in [1.165, 1.54) is 0 Å². The Morgan fingerprint density at radius 2 is 0.460 bits per heavy atom. The van der Waals surface area contributed by atoms with E-state index in [2.05, 4.69) is 85.1 Å². The van der Waals surface area contributed by atoms with E-state index >= 15 is 33.6 Å². The summed E-state index contributed by atoms with van der Waals surface area (Å²) in [7, 11) is 0. The first kappa shape index (κ1) is 121. The van der Waals surface area contributed by atoms with Gasteiger partial charge in [-0.1, -0.05) is 146 Å². The van der Waals surface area contributed by atoms with Crippen LogP contribution in [0.4, 0.5) is 0 Å². The number of benzene rings is 3. The Balaban J connectivity index is 2.16. The van der Waals surface area contributed by atoms with Crippen molar-refractivity contribution in [1.29, 1.82) is 10.8 Å². The number of unbranched alkanes of at least 4 members (excludes halogenated alkanes) is 6. The molecule has 0 aliphatic carbocycles. The molecule has 0 heterocycles. The lowest BCUT2D eigenvalue weighted by Crippen LogP contribution is -2.61. The molecule has 139 heavy (non-hydrogen) atoms. The first-order chi connectivity index (χ1) is 66.2. The summed E-state index contributed by atoms with van der Waals surface area (Å²) in [5.41, 5.74) is 60.3. The molecule has 0 aromatic heterocycles. The molecule has 43 heteroatoms. The van der Waals surface area contributed by atoms with Crippen molar-refractivity contribution < 1.29 is 71.9 Å². The smallest absolute Gasteiger partial charge is 0.243 e. The third-order valence-corrected chi connectivity index (χ3v) is 23.3. The second-order valence-corrected chi connectivity index (χ2v) is 36.7. The topological polar surface area (TPSA) is 756 Å². The summed E-state index contributed by atoms with van der Waals surface area (Å²) in [6, 6.07) is 5.86. The number of nitrogens with two attached hydrogens (primary N) is 10. The molecule has 0 spiro atoms. The lowest BCUT2D eigenvalue weighted by atomic mass is 9.99. The molecule has 43 nitrogen and oxygen atoms in total. The summed E-state index contributed by atoms with van der Waals surface area (Å²) in [6.45, 7) is 15.3. The number of guanidine groups is 2. The van der Waals surface area contributed by atoms with E-state index in [4.69, 9.17) is 68.2 Å². The Hall–Kier alpha value is -12.0. The van der Waals surface area contributed by atoms with Crippen LogP contribution in [0.15, 0.2) is 91.0 Å². The molecular weight excluding hydrogens is 1790 g/mol. The van der Waals surface area contributed by atoms with Crippen LogP contribution in [0.3, 0.4) is 0 Å². The summed E-state index contributed by atoms with van der Waals surface area (Å²) in [6.07, 6.45) is 4.02. The van der Waals surface area contributed by atoms with Crippen molar-refractivity contribution in [3.63, 3.8) is 0 Å². The molecule has 778 valence electrons. The van der Waals surface area contributed by atoms with Gasteiger partial charge in [0.25, 0.3) is 0 Å². The summed E-state index contributed by atoms with van der Waals surface area (Å²) in [4.78, 5) is 219. The van der Waals surface area contributed by atoms with Crippen LogP contribution in [0.25, 0.3) is 0 Å². The van der Waals surface area contributed by atoms with Crippen molar-refractivity contribution in [3.8, 4) is 0 Å². The molecule has 15 atom stereocenters. The molecule has 0 saturated carbocycles. The van der Waals surface area contributed by atoms with Crippen molar-refractivity contribution in [1.82, 2.24) is 85.1 Å². The number of hydrogen-bond acceptors (Lipinski definition) is 24. The van der Waals surface area contributed by atoms with Crippen molar-refractivity contribution >= 4 is 101 Å². The number of hydrogen-bond donors (Lipinski definition) is 28. The first-order valence-electron chi connectivity index (χ1n) is 49.0. The second-order valence-electron chi connectivity index (χ2n) is 36.7. The Bertz CT molecular complexity index is 4270. The minimum absolute atomic E-state index is 0.00540. The van der Waals surface area contributed by atoms with E-state index in [0.29, 0.717) is 81.0 Å². The van der Waals surface area contributed by atoms with Gasteiger partial charge < -0.3 is 142 Å². The molecule has 3 rings (SSSR count). The van der Waals surface area contributed by atoms with E-state index in [9.17, 15) is 38.4 Å². The highest BCUT2D eigenvalue weighted by molar-refractivity contribution is 6.01. The number of nitrogens with one attached hydrogen (secondary N) is 18. The van der Waals surface area contributed by atoms with Gasteiger partial charge in [-0.2, -0.15) is 0 Å². The normalized spacial score (nSPS) is 14.5. The third kappa shape index (κ3) is 48.4. The fraction of sp³-hybridized carbons (Fsp3) is 0.635. The molecule has 3 aromatic carbocycles. The Morgan fingerprint density at radius 1 is 0.252 bits per heavy atom. The van der Waals surface area contributed by atoms with Crippen LogP contribution in [0.2, 0.25) is 0 Å². The molecule has 0 unspecified atom stereocenters. The average molecular weight is 1950 g/mol. The van der Waals surface area contributed by atoms with Crippen LogP contribution in [-0.4, -0.2) is 244 Å². The summed E-state index contributed by atoms with van der Waals surface area (Å²) in [5.74, 6) is -14.2. The summed E-state index contributed by atoms with van der Waals surface area (Å²) >= 11 is 0. The molecule has 15 amide bonds. The minimum atomic E-state index is -1.54. The highest BCUT2D eigenvalue weighted by Crippen LogP contribution is 2.19. The fourth-order valence-electron chi connectivity index (χ4n) is 15.2. The van der Waals surface area contributed by atoms with E-state index in [1.54, 1.807) is 146 Å². The molecule has 0 aliphatic heterocycles.